The van der Waals surface area contributed by atoms with E-state index in [-0.39, 0.29) is 0 Å². The first kappa shape index (κ1) is 19.9. The van der Waals surface area contributed by atoms with E-state index in [0.29, 0.717) is 37.9 Å². The maximum Gasteiger partial charge on any atom is 0.162 e. The Kier molecular flexibility index (Phi) is 5.28. The van der Waals surface area contributed by atoms with Gasteiger partial charge in [0.25, 0.3) is 0 Å². The van der Waals surface area contributed by atoms with Crippen LogP contribution >= 0.6 is 0 Å². The van der Waals surface area contributed by atoms with E-state index >= 15 is 0 Å². The van der Waals surface area contributed by atoms with E-state index in [0.717, 1.165) is 16.7 Å². The Morgan fingerprint density at radius 2 is 2.16 bits per heavy atom. The van der Waals surface area contributed by atoms with Gasteiger partial charge >= 0.3 is 0 Å². The summed E-state index contributed by atoms with van der Waals surface area (Å²) in [7, 11) is 1.78. The summed E-state index contributed by atoms with van der Waals surface area (Å²) in [4.78, 5) is 18.8. The molecule has 1 fully saturated rings. The lowest BCUT2D eigenvalue weighted by molar-refractivity contribution is 0.00847. The lowest BCUT2D eigenvalue weighted by atomic mass is 10.1. The van der Waals surface area contributed by atoms with Crippen molar-refractivity contribution >= 4 is 28.4 Å². The molecule has 12 heteroatoms. The summed E-state index contributed by atoms with van der Waals surface area (Å²) in [5.74, 6) is 1.30. The minimum absolute atomic E-state index is 0.402. The predicted molar refractivity (Wildman–Crippen MR) is 114 cm³/mol. The number of nitrogens with zero attached hydrogens (tertiary/aromatic N) is 6. The molecule has 5 rings (SSSR count). The molecule has 12 nitrogen and oxygen atoms in total. The molecule has 5 heterocycles. The Labute approximate surface area is 178 Å². The van der Waals surface area contributed by atoms with Crippen molar-refractivity contribution < 1.29 is 14.9 Å². The van der Waals surface area contributed by atoms with Crippen molar-refractivity contribution in [2.24, 2.45) is 0 Å². The smallest absolute Gasteiger partial charge is 0.162 e. The molecule has 0 radical (unpaired) electrons. The number of pyridine rings is 1. The zero-order valence-electron chi connectivity index (χ0n) is 17.0. The molecule has 0 amide bonds. The average Bonchev–Trinajstić information content (AvgIpc) is 3.48. The molecule has 0 bridgehead atoms. The van der Waals surface area contributed by atoms with Crippen LogP contribution < -0.4 is 20.9 Å². The number of hydrogen-bond donors (Lipinski definition) is 5. The van der Waals surface area contributed by atoms with Gasteiger partial charge in [0, 0.05) is 32.9 Å². The van der Waals surface area contributed by atoms with E-state index in [4.69, 9.17) is 4.74 Å². The summed E-state index contributed by atoms with van der Waals surface area (Å²) in [6.07, 6.45) is 3.43. The highest BCUT2D eigenvalue weighted by Crippen LogP contribution is 2.38. The van der Waals surface area contributed by atoms with Crippen LogP contribution in [-0.2, 0) is 11.3 Å². The molecular formula is C19H25N9O3. The second-order valence-electron chi connectivity index (χ2n) is 7.53. The molecule has 164 valence electrons. The number of ether oxygens (including phenoxy) is 1. The fourth-order valence-electron chi connectivity index (χ4n) is 4.08. The van der Waals surface area contributed by atoms with E-state index in [2.05, 4.69) is 35.9 Å². The zero-order valence-corrected chi connectivity index (χ0v) is 17.0. The predicted octanol–water partition coefficient (Wildman–Crippen LogP) is -0.811. The van der Waals surface area contributed by atoms with E-state index in [1.807, 2.05) is 10.6 Å². The molecule has 3 aromatic heterocycles. The van der Waals surface area contributed by atoms with Gasteiger partial charge in [-0.05, 0) is 6.07 Å². The van der Waals surface area contributed by atoms with Gasteiger partial charge in [-0.3, -0.25) is 4.98 Å². The van der Waals surface area contributed by atoms with E-state index in [1.54, 1.807) is 30.7 Å². The number of imidazole rings is 1. The standard InChI is InChI=1S/C19H25N9O3/c1-20-17-14-18(24-8-23-17)28(10-26-14)19-16(30)15(29)13(31-19)7-22-4-5-27-9-25-11-2-3-21-6-12(11)27/h2-3,6,8-9,13,15-16,19,22,26,29-30H,4-5,7,10H2,1H3,(H,20,23,24). The van der Waals surface area contributed by atoms with Gasteiger partial charge in [-0.1, -0.05) is 0 Å². The minimum atomic E-state index is -1.06. The van der Waals surface area contributed by atoms with Crippen molar-refractivity contribution in [3.8, 4) is 0 Å². The summed E-state index contributed by atoms with van der Waals surface area (Å²) in [6, 6.07) is 1.87. The van der Waals surface area contributed by atoms with Crippen molar-refractivity contribution in [2.75, 3.05) is 42.3 Å². The number of nitrogens with one attached hydrogen (secondary N) is 3. The van der Waals surface area contributed by atoms with Crippen LogP contribution in [0.4, 0.5) is 17.3 Å². The summed E-state index contributed by atoms with van der Waals surface area (Å²) < 4.78 is 8.04. The van der Waals surface area contributed by atoms with Gasteiger partial charge in [0.1, 0.15) is 30.3 Å². The SMILES string of the molecule is CNc1ncnc2c1NCN2C1OC(CNCCn2cnc3ccncc32)C(O)C1O. The molecule has 0 spiro atoms. The number of hydrogen-bond acceptors (Lipinski definition) is 11. The second kappa shape index (κ2) is 8.23. The lowest BCUT2D eigenvalue weighted by Crippen LogP contribution is -2.44. The molecule has 2 aliphatic heterocycles. The third-order valence-electron chi connectivity index (χ3n) is 5.71. The van der Waals surface area contributed by atoms with Crippen molar-refractivity contribution in [2.45, 2.75) is 31.1 Å². The third kappa shape index (κ3) is 3.53. The quantitative estimate of drug-likeness (QED) is 0.302. The van der Waals surface area contributed by atoms with Gasteiger partial charge in [-0.15, -0.1) is 0 Å². The largest absolute Gasteiger partial charge is 0.387 e. The van der Waals surface area contributed by atoms with Crippen LogP contribution in [0.2, 0.25) is 0 Å². The summed E-state index contributed by atoms with van der Waals surface area (Å²) in [5, 5.41) is 30.7. The maximum atomic E-state index is 10.6. The van der Waals surface area contributed by atoms with Gasteiger partial charge in [-0.2, -0.15) is 0 Å². The number of aromatic nitrogens is 5. The highest BCUT2D eigenvalue weighted by Gasteiger charge is 2.47. The lowest BCUT2D eigenvalue weighted by Gasteiger charge is -2.26. The Balaban J connectivity index is 1.19. The van der Waals surface area contributed by atoms with Crippen molar-refractivity contribution in [3.63, 3.8) is 0 Å². The molecule has 1 saturated heterocycles. The number of aliphatic hydroxyl groups is 2. The van der Waals surface area contributed by atoms with Crippen LogP contribution in [0.15, 0.2) is 31.1 Å². The van der Waals surface area contributed by atoms with Crippen LogP contribution in [-0.4, -0.2) is 86.1 Å². The second-order valence-corrected chi connectivity index (χ2v) is 7.53. The topological polar surface area (TPSA) is 146 Å². The molecular weight excluding hydrogens is 402 g/mol. The molecule has 2 aliphatic rings. The average molecular weight is 427 g/mol. The van der Waals surface area contributed by atoms with Crippen LogP contribution in [0, 0.1) is 0 Å². The monoisotopic (exact) mass is 427 g/mol. The maximum absolute atomic E-state index is 10.6. The number of anilines is 3. The molecule has 3 aromatic rings. The number of fused-ring (bicyclic) bond motifs is 2. The molecule has 5 N–H and O–H groups in total. The van der Waals surface area contributed by atoms with Crippen LogP contribution in [0.3, 0.4) is 0 Å². The van der Waals surface area contributed by atoms with Crippen molar-refractivity contribution in [3.05, 3.63) is 31.1 Å². The highest BCUT2D eigenvalue weighted by molar-refractivity contribution is 5.81. The zero-order chi connectivity index (χ0) is 21.4. The summed E-state index contributed by atoms with van der Waals surface area (Å²) in [5.41, 5.74) is 2.62. The Hall–Kier alpha value is -3.06. The molecule has 4 unspecified atom stereocenters. The number of aliphatic hydroxyl groups excluding tert-OH is 2. The van der Waals surface area contributed by atoms with E-state index in [9.17, 15) is 10.2 Å². The summed E-state index contributed by atoms with van der Waals surface area (Å²) >= 11 is 0. The first-order chi connectivity index (χ1) is 15.2. The number of rotatable bonds is 7. The van der Waals surface area contributed by atoms with Gasteiger partial charge in [0.15, 0.2) is 17.9 Å². The van der Waals surface area contributed by atoms with Crippen LogP contribution in [0.25, 0.3) is 11.0 Å². The van der Waals surface area contributed by atoms with Gasteiger partial charge in [-0.25, -0.2) is 15.0 Å². The van der Waals surface area contributed by atoms with Gasteiger partial charge in [0.2, 0.25) is 0 Å². The molecule has 31 heavy (non-hydrogen) atoms. The fraction of sp³-hybridized carbons (Fsp3) is 0.474. The van der Waals surface area contributed by atoms with Gasteiger partial charge in [0.05, 0.1) is 30.2 Å². The van der Waals surface area contributed by atoms with Crippen molar-refractivity contribution in [1.29, 1.82) is 0 Å². The first-order valence-electron chi connectivity index (χ1n) is 10.2. The van der Waals surface area contributed by atoms with Crippen molar-refractivity contribution in [1.82, 2.24) is 29.8 Å². The highest BCUT2D eigenvalue weighted by atomic mass is 16.6. The molecule has 0 saturated carbocycles. The fourth-order valence-corrected chi connectivity index (χ4v) is 4.08. The van der Waals surface area contributed by atoms with Crippen LogP contribution in [0.5, 0.6) is 0 Å². The first-order valence-corrected chi connectivity index (χ1v) is 10.2. The summed E-state index contributed by atoms with van der Waals surface area (Å²) in [6.45, 7) is 2.16. The molecule has 0 aromatic carbocycles. The van der Waals surface area contributed by atoms with Gasteiger partial charge < -0.3 is 40.4 Å². The molecule has 0 aliphatic carbocycles. The molecule has 4 atom stereocenters. The Morgan fingerprint density at radius 3 is 3.03 bits per heavy atom. The Bertz CT molecular complexity index is 1060. The third-order valence-corrected chi connectivity index (χ3v) is 5.71. The van der Waals surface area contributed by atoms with E-state index in [1.165, 1.54) is 6.33 Å². The van der Waals surface area contributed by atoms with Crippen LogP contribution in [0.1, 0.15) is 0 Å². The normalized spacial score (nSPS) is 25.1. The minimum Gasteiger partial charge on any atom is -0.387 e. The van der Waals surface area contributed by atoms with E-state index < -0.39 is 24.5 Å². The Morgan fingerprint density at radius 1 is 1.26 bits per heavy atom.